The van der Waals surface area contributed by atoms with Crippen LogP contribution in [-0.4, -0.2) is 44.8 Å². The summed E-state index contributed by atoms with van der Waals surface area (Å²) in [4.78, 5) is 27.3. The molecule has 0 aliphatic heterocycles. The van der Waals surface area contributed by atoms with Gasteiger partial charge in [-0.1, -0.05) is 61.9 Å². The van der Waals surface area contributed by atoms with Crippen molar-refractivity contribution in [2.45, 2.75) is 51.0 Å². The number of carbonyl (C=O) groups excluding carboxylic acids is 2. The summed E-state index contributed by atoms with van der Waals surface area (Å²) in [6.45, 7) is 6.63. The van der Waals surface area contributed by atoms with Crippen LogP contribution in [0.1, 0.15) is 37.8 Å². The number of hydrogen-bond acceptors (Lipinski definition) is 4. The number of amides is 2. The summed E-state index contributed by atoms with van der Waals surface area (Å²) in [6.07, 6.45) is 2.86. The topological polar surface area (TPSA) is 83.5 Å². The summed E-state index contributed by atoms with van der Waals surface area (Å²) in [7, 11) is -2.03. The summed E-state index contributed by atoms with van der Waals surface area (Å²) in [5.41, 5.74) is 2.00. The van der Waals surface area contributed by atoms with E-state index in [2.05, 4.69) is 19.2 Å². The number of aryl methyl sites for hydroxylation is 2. The largest absolute Gasteiger partial charge is 0.344 e. The van der Waals surface area contributed by atoms with Gasteiger partial charge in [0.1, 0.15) is 6.04 Å². The van der Waals surface area contributed by atoms with Crippen LogP contribution >= 0.6 is 0 Å². The quantitative estimate of drug-likeness (QED) is 0.505. The minimum Gasteiger partial charge on any atom is -0.344 e. The molecule has 1 N–H and O–H groups in total. The molecule has 0 spiro atoms. The number of likely N-dealkylation sites (N-methyl/N-ethyl adjacent to an activating group) is 1. The van der Waals surface area contributed by atoms with Crippen LogP contribution in [0.3, 0.4) is 0 Å². The van der Waals surface area contributed by atoms with Crippen molar-refractivity contribution in [2.75, 3.05) is 13.6 Å². The number of hydrogen-bond donors (Lipinski definition) is 1. The molecule has 0 aromatic heterocycles. The van der Waals surface area contributed by atoms with Crippen molar-refractivity contribution in [1.82, 2.24) is 10.2 Å². The fourth-order valence-corrected chi connectivity index (χ4v) is 4.19. The first-order chi connectivity index (χ1) is 15.6. The molecule has 1 atom stereocenters. The number of sulfone groups is 1. The molecule has 0 aliphatic carbocycles. The Balaban J connectivity index is 2.10. The van der Waals surface area contributed by atoms with Crippen LogP contribution in [0, 0.1) is 12.8 Å². The van der Waals surface area contributed by atoms with Crippen molar-refractivity contribution >= 4 is 21.7 Å². The molecule has 0 bridgehead atoms. The van der Waals surface area contributed by atoms with Gasteiger partial charge in [0.2, 0.25) is 11.8 Å². The average Bonchev–Trinajstić information content (AvgIpc) is 2.79. The normalized spacial score (nSPS) is 12.6. The lowest BCUT2D eigenvalue weighted by Gasteiger charge is -2.25. The summed E-state index contributed by atoms with van der Waals surface area (Å²) in [6, 6.07) is 15.4. The lowest BCUT2D eigenvalue weighted by Crippen LogP contribution is -2.47. The van der Waals surface area contributed by atoms with E-state index in [0.29, 0.717) is 25.3 Å². The molecule has 0 radical (unpaired) electrons. The Kier molecular flexibility index (Phi) is 9.85. The zero-order valence-electron chi connectivity index (χ0n) is 19.8. The fourth-order valence-electron chi connectivity index (χ4n) is 3.22. The number of benzene rings is 2. The van der Waals surface area contributed by atoms with Gasteiger partial charge < -0.3 is 10.2 Å². The van der Waals surface area contributed by atoms with E-state index in [1.54, 1.807) is 24.1 Å². The maximum Gasteiger partial charge on any atom is 0.245 e. The van der Waals surface area contributed by atoms with E-state index in [-0.39, 0.29) is 10.8 Å². The van der Waals surface area contributed by atoms with E-state index in [1.807, 2.05) is 37.3 Å². The molecule has 0 fully saturated rings. The van der Waals surface area contributed by atoms with Gasteiger partial charge in [0.05, 0.1) is 4.90 Å². The third kappa shape index (κ3) is 8.85. The van der Waals surface area contributed by atoms with Gasteiger partial charge in [0.15, 0.2) is 9.84 Å². The maximum atomic E-state index is 13.0. The molecule has 0 saturated carbocycles. The Bertz CT molecular complexity index is 1050. The highest BCUT2D eigenvalue weighted by atomic mass is 32.2. The molecular weight excluding hydrogens is 436 g/mol. The molecule has 33 heavy (non-hydrogen) atoms. The molecule has 178 valence electrons. The third-order valence-electron chi connectivity index (χ3n) is 5.35. The molecule has 0 aliphatic rings. The van der Waals surface area contributed by atoms with Gasteiger partial charge in [-0.3, -0.25) is 9.59 Å². The Morgan fingerprint density at radius 3 is 2.24 bits per heavy atom. The van der Waals surface area contributed by atoms with Gasteiger partial charge >= 0.3 is 0 Å². The lowest BCUT2D eigenvalue weighted by molar-refractivity contribution is -0.134. The van der Waals surface area contributed by atoms with Crippen LogP contribution in [0.25, 0.3) is 0 Å². The second kappa shape index (κ2) is 12.3. The van der Waals surface area contributed by atoms with Crippen LogP contribution in [0.15, 0.2) is 71.0 Å². The van der Waals surface area contributed by atoms with Crippen LogP contribution < -0.4 is 5.32 Å². The maximum absolute atomic E-state index is 13.0. The van der Waals surface area contributed by atoms with Gasteiger partial charge in [-0.25, -0.2) is 8.42 Å². The van der Waals surface area contributed by atoms with Crippen molar-refractivity contribution in [3.63, 3.8) is 0 Å². The molecule has 0 saturated heterocycles. The predicted molar refractivity (Wildman–Crippen MR) is 131 cm³/mol. The van der Waals surface area contributed by atoms with Crippen LogP contribution in [-0.2, 0) is 25.8 Å². The molecule has 2 rings (SSSR count). The highest BCUT2D eigenvalue weighted by molar-refractivity contribution is 7.94. The third-order valence-corrected chi connectivity index (χ3v) is 6.77. The zero-order chi connectivity index (χ0) is 24.4. The van der Waals surface area contributed by atoms with Gasteiger partial charge in [-0.2, -0.15) is 0 Å². The van der Waals surface area contributed by atoms with Gasteiger partial charge in [0, 0.05) is 25.1 Å². The monoisotopic (exact) mass is 470 g/mol. The minimum absolute atomic E-state index is 0.113. The summed E-state index contributed by atoms with van der Waals surface area (Å²) >= 11 is 0. The second-order valence-electron chi connectivity index (χ2n) is 8.69. The molecule has 2 aromatic rings. The van der Waals surface area contributed by atoms with Gasteiger partial charge in [-0.15, -0.1) is 0 Å². The smallest absolute Gasteiger partial charge is 0.245 e. The molecule has 0 heterocycles. The first kappa shape index (κ1) is 26.3. The van der Waals surface area contributed by atoms with Crippen molar-refractivity contribution in [2.24, 2.45) is 5.92 Å². The summed E-state index contributed by atoms with van der Waals surface area (Å²) in [5.74, 6) is -0.350. The molecule has 2 aromatic carbocycles. The van der Waals surface area contributed by atoms with E-state index < -0.39 is 21.8 Å². The summed E-state index contributed by atoms with van der Waals surface area (Å²) in [5, 5.41) is 3.59. The molecule has 7 heteroatoms. The fraction of sp³-hybridized carbons (Fsp3) is 0.385. The number of carbonyl (C=O) groups is 2. The zero-order valence-corrected chi connectivity index (χ0v) is 20.6. The first-order valence-electron chi connectivity index (χ1n) is 11.2. The Morgan fingerprint density at radius 1 is 1.00 bits per heavy atom. The van der Waals surface area contributed by atoms with E-state index >= 15 is 0 Å². The van der Waals surface area contributed by atoms with Crippen molar-refractivity contribution < 1.29 is 18.0 Å². The van der Waals surface area contributed by atoms with Gasteiger partial charge in [0.25, 0.3) is 0 Å². The lowest BCUT2D eigenvalue weighted by atomic mass is 10.0. The summed E-state index contributed by atoms with van der Waals surface area (Å²) < 4.78 is 25.0. The number of rotatable bonds is 11. The van der Waals surface area contributed by atoms with E-state index in [0.717, 1.165) is 29.0 Å². The number of nitrogens with zero attached hydrogens (tertiary/aromatic N) is 1. The molecule has 6 nitrogen and oxygen atoms in total. The van der Waals surface area contributed by atoms with E-state index in [9.17, 15) is 18.0 Å². The molecular formula is C26H34N2O4S. The highest BCUT2D eigenvalue weighted by Crippen LogP contribution is 2.13. The van der Waals surface area contributed by atoms with Gasteiger partial charge in [-0.05, 0) is 49.8 Å². The van der Waals surface area contributed by atoms with Crippen LogP contribution in [0.2, 0.25) is 0 Å². The second-order valence-corrected chi connectivity index (χ2v) is 10.5. The van der Waals surface area contributed by atoms with E-state index in [1.165, 1.54) is 12.1 Å². The number of nitrogens with one attached hydrogen (secondary N) is 1. The minimum atomic E-state index is -3.75. The van der Waals surface area contributed by atoms with Crippen LogP contribution in [0.4, 0.5) is 0 Å². The van der Waals surface area contributed by atoms with Crippen LogP contribution in [0.5, 0.6) is 0 Å². The molecule has 2 amide bonds. The van der Waals surface area contributed by atoms with Crippen molar-refractivity contribution in [1.29, 1.82) is 0 Å². The Hall–Kier alpha value is -2.93. The van der Waals surface area contributed by atoms with Crippen molar-refractivity contribution in [3.05, 3.63) is 77.2 Å². The average molecular weight is 471 g/mol. The highest BCUT2D eigenvalue weighted by Gasteiger charge is 2.23. The SMILES string of the molecule is Cc1ccc(S(=O)(=O)/C=C/C(=O)N[C@@H](CCc2ccccc2)C(=O)N(C)CCC(C)C)cc1. The Morgan fingerprint density at radius 2 is 1.64 bits per heavy atom. The standard InChI is InChI=1S/C26H34N2O4S/c1-20(2)16-18-28(4)26(30)24(15-12-22-8-6-5-7-9-22)27-25(29)17-19-33(31,32)23-13-10-21(3)11-14-23/h5-11,13-14,17,19-20,24H,12,15-16,18H2,1-4H3,(H,27,29)/b19-17+/t24-/m0/s1. The Labute approximate surface area is 197 Å². The predicted octanol–water partition coefficient (Wildman–Crippen LogP) is 3.90. The molecule has 0 unspecified atom stereocenters. The first-order valence-corrected chi connectivity index (χ1v) is 12.7. The van der Waals surface area contributed by atoms with E-state index in [4.69, 9.17) is 0 Å². The van der Waals surface area contributed by atoms with Crippen molar-refractivity contribution in [3.8, 4) is 0 Å².